The fourth-order valence-corrected chi connectivity index (χ4v) is 5.01. The normalized spacial score (nSPS) is 15.3. The average Bonchev–Trinajstić information content (AvgIpc) is 2.82. The summed E-state index contributed by atoms with van der Waals surface area (Å²) in [6.45, 7) is 2.98. The van der Waals surface area contributed by atoms with Crippen LogP contribution in [0.5, 0.6) is 5.75 Å². The number of thioether (sulfide) groups is 1. The quantitative estimate of drug-likeness (QED) is 0.282. The Balaban J connectivity index is 1.38. The average molecular weight is 446 g/mol. The third kappa shape index (κ3) is 3.84. The molecule has 4 aromatic rings. The lowest BCUT2D eigenvalue weighted by Crippen LogP contribution is -2.33. The highest BCUT2D eigenvalue weighted by atomic mass is 32.2. The number of amides is 1. The van der Waals surface area contributed by atoms with Crippen molar-refractivity contribution in [1.29, 1.82) is 0 Å². The van der Waals surface area contributed by atoms with Gasteiger partial charge >= 0.3 is 0 Å². The van der Waals surface area contributed by atoms with Gasteiger partial charge in [-0.25, -0.2) is 4.98 Å². The van der Waals surface area contributed by atoms with Gasteiger partial charge in [0.05, 0.1) is 29.3 Å². The predicted molar refractivity (Wildman–Crippen MR) is 127 cm³/mol. The van der Waals surface area contributed by atoms with Gasteiger partial charge in [-0.3, -0.25) is 14.2 Å². The summed E-state index contributed by atoms with van der Waals surface area (Å²) in [5.41, 5.74) is 1.57. The van der Waals surface area contributed by atoms with E-state index in [1.807, 2.05) is 67.6 Å². The SMILES string of the molecule is CCn1c(SCC(=O)NC2CCOc3ccccc32)nc2cc3ccccc3cc2c1=O. The third-order valence-corrected chi connectivity index (χ3v) is 6.71. The zero-order chi connectivity index (χ0) is 22.1. The molecule has 0 aliphatic carbocycles. The topological polar surface area (TPSA) is 73.2 Å². The van der Waals surface area contributed by atoms with Crippen LogP contribution in [-0.4, -0.2) is 27.8 Å². The maximum atomic E-state index is 13.1. The number of rotatable bonds is 5. The molecule has 1 atom stereocenters. The zero-order valence-electron chi connectivity index (χ0n) is 17.7. The fourth-order valence-electron chi connectivity index (χ4n) is 4.13. The number of hydrogen-bond acceptors (Lipinski definition) is 5. The number of para-hydroxylation sites is 1. The van der Waals surface area contributed by atoms with Gasteiger partial charge in [0.2, 0.25) is 5.91 Å². The minimum absolute atomic E-state index is 0.0719. The summed E-state index contributed by atoms with van der Waals surface area (Å²) in [5, 5.41) is 6.30. The number of fused-ring (bicyclic) bond motifs is 3. The highest BCUT2D eigenvalue weighted by Gasteiger charge is 2.23. The van der Waals surface area contributed by atoms with Crippen LogP contribution < -0.4 is 15.6 Å². The summed E-state index contributed by atoms with van der Waals surface area (Å²) in [7, 11) is 0. The molecule has 1 N–H and O–H groups in total. The smallest absolute Gasteiger partial charge is 0.262 e. The molecule has 7 heteroatoms. The van der Waals surface area contributed by atoms with E-state index in [9.17, 15) is 9.59 Å². The van der Waals surface area contributed by atoms with Crippen LogP contribution in [0.2, 0.25) is 0 Å². The molecule has 0 bridgehead atoms. The molecular formula is C25H23N3O3S. The second-order valence-electron chi connectivity index (χ2n) is 7.74. The van der Waals surface area contributed by atoms with Crippen molar-refractivity contribution in [2.75, 3.05) is 12.4 Å². The van der Waals surface area contributed by atoms with Crippen LogP contribution in [0.15, 0.2) is 70.6 Å². The number of nitrogens with one attached hydrogen (secondary N) is 1. The summed E-state index contributed by atoms with van der Waals surface area (Å²) in [6, 6.07) is 19.5. The van der Waals surface area contributed by atoms with Crippen LogP contribution in [0.25, 0.3) is 21.7 Å². The van der Waals surface area contributed by atoms with Crippen molar-refractivity contribution in [3.63, 3.8) is 0 Å². The molecule has 162 valence electrons. The van der Waals surface area contributed by atoms with Crippen LogP contribution in [-0.2, 0) is 11.3 Å². The molecule has 5 rings (SSSR count). The number of benzene rings is 3. The van der Waals surface area contributed by atoms with Gasteiger partial charge in [-0.05, 0) is 35.9 Å². The molecule has 0 radical (unpaired) electrons. The molecule has 6 nitrogen and oxygen atoms in total. The molecule has 1 amide bonds. The van der Waals surface area contributed by atoms with Gasteiger partial charge in [0.1, 0.15) is 5.75 Å². The Morgan fingerprint density at radius 3 is 2.72 bits per heavy atom. The lowest BCUT2D eigenvalue weighted by molar-refractivity contribution is -0.119. The minimum atomic E-state index is -0.0905. The first-order valence-corrected chi connectivity index (χ1v) is 11.7. The number of ether oxygens (including phenoxy) is 1. The van der Waals surface area contributed by atoms with E-state index in [2.05, 4.69) is 5.32 Å². The van der Waals surface area contributed by atoms with Gasteiger partial charge in [-0.1, -0.05) is 54.2 Å². The van der Waals surface area contributed by atoms with Gasteiger partial charge in [-0.15, -0.1) is 0 Å². The maximum absolute atomic E-state index is 13.1. The lowest BCUT2D eigenvalue weighted by atomic mass is 10.0. The fraction of sp³-hybridized carbons (Fsp3) is 0.240. The van der Waals surface area contributed by atoms with Crippen LogP contribution >= 0.6 is 11.8 Å². The molecule has 32 heavy (non-hydrogen) atoms. The number of carbonyl (C=O) groups excluding carboxylic acids is 1. The van der Waals surface area contributed by atoms with Gasteiger partial charge in [-0.2, -0.15) is 0 Å². The van der Waals surface area contributed by atoms with E-state index in [1.54, 1.807) is 4.57 Å². The van der Waals surface area contributed by atoms with Gasteiger partial charge < -0.3 is 10.1 Å². The summed E-state index contributed by atoms with van der Waals surface area (Å²) in [4.78, 5) is 30.6. The number of hydrogen-bond donors (Lipinski definition) is 1. The first-order valence-electron chi connectivity index (χ1n) is 10.7. The van der Waals surface area contributed by atoms with E-state index in [1.165, 1.54) is 11.8 Å². The molecule has 3 aromatic carbocycles. The standard InChI is InChI=1S/C25H23N3O3S/c1-2-28-24(30)19-13-16-7-3-4-8-17(16)14-21(19)27-25(28)32-15-23(29)26-20-11-12-31-22-10-6-5-9-18(20)22/h3-10,13-14,20H,2,11-12,15H2,1H3,(H,26,29). The van der Waals surface area contributed by atoms with Crippen molar-refractivity contribution in [1.82, 2.24) is 14.9 Å². The van der Waals surface area contributed by atoms with Crippen molar-refractivity contribution < 1.29 is 9.53 Å². The van der Waals surface area contributed by atoms with Gasteiger partial charge in [0, 0.05) is 18.5 Å². The number of nitrogens with zero attached hydrogens (tertiary/aromatic N) is 2. The Kier molecular flexibility index (Phi) is 5.57. The van der Waals surface area contributed by atoms with E-state index < -0.39 is 0 Å². The van der Waals surface area contributed by atoms with Gasteiger partial charge in [0.25, 0.3) is 5.56 Å². The number of carbonyl (C=O) groups is 1. The third-order valence-electron chi connectivity index (χ3n) is 5.73. The second-order valence-corrected chi connectivity index (χ2v) is 8.69. The van der Waals surface area contributed by atoms with Gasteiger partial charge in [0.15, 0.2) is 5.16 Å². The summed E-state index contributed by atoms with van der Waals surface area (Å²) in [5.74, 6) is 0.914. The summed E-state index contributed by atoms with van der Waals surface area (Å²) < 4.78 is 7.31. The minimum Gasteiger partial charge on any atom is -0.493 e. The van der Waals surface area contributed by atoms with Crippen LogP contribution in [0, 0.1) is 0 Å². The monoisotopic (exact) mass is 445 g/mol. The molecule has 0 saturated heterocycles. The molecule has 1 aromatic heterocycles. The highest BCUT2D eigenvalue weighted by Crippen LogP contribution is 2.31. The molecule has 0 saturated carbocycles. The van der Waals surface area contributed by atoms with Crippen molar-refractivity contribution in [3.8, 4) is 5.75 Å². The maximum Gasteiger partial charge on any atom is 0.262 e. The molecule has 1 aliphatic rings. The van der Waals surface area contributed by atoms with Crippen molar-refractivity contribution in [2.45, 2.75) is 31.1 Å². The highest BCUT2D eigenvalue weighted by molar-refractivity contribution is 7.99. The lowest BCUT2D eigenvalue weighted by Gasteiger charge is -2.26. The Bertz CT molecular complexity index is 1380. The van der Waals surface area contributed by atoms with E-state index in [0.29, 0.717) is 29.2 Å². The largest absolute Gasteiger partial charge is 0.493 e. The molecule has 0 fully saturated rings. The van der Waals surface area contributed by atoms with E-state index >= 15 is 0 Å². The molecular weight excluding hydrogens is 422 g/mol. The molecule has 0 spiro atoms. The second kappa shape index (κ2) is 8.67. The van der Waals surface area contributed by atoms with Crippen LogP contribution in [0.1, 0.15) is 24.9 Å². The molecule has 1 aliphatic heterocycles. The van der Waals surface area contributed by atoms with Crippen molar-refractivity contribution >= 4 is 39.3 Å². The Labute approximate surface area is 189 Å². The van der Waals surface area contributed by atoms with E-state index in [-0.39, 0.29) is 23.3 Å². The first-order chi connectivity index (χ1) is 15.6. The summed E-state index contributed by atoms with van der Waals surface area (Å²) >= 11 is 1.29. The van der Waals surface area contributed by atoms with Crippen LogP contribution in [0.3, 0.4) is 0 Å². The molecule has 1 unspecified atom stereocenters. The van der Waals surface area contributed by atoms with Crippen molar-refractivity contribution in [2.24, 2.45) is 0 Å². The molecule has 2 heterocycles. The Hall–Kier alpha value is -3.32. The van der Waals surface area contributed by atoms with E-state index in [4.69, 9.17) is 9.72 Å². The Morgan fingerprint density at radius 1 is 1.16 bits per heavy atom. The zero-order valence-corrected chi connectivity index (χ0v) is 18.5. The summed E-state index contributed by atoms with van der Waals surface area (Å²) in [6.07, 6.45) is 0.731. The van der Waals surface area contributed by atoms with Crippen LogP contribution in [0.4, 0.5) is 0 Å². The number of aromatic nitrogens is 2. The first kappa shape index (κ1) is 20.6. The van der Waals surface area contributed by atoms with E-state index in [0.717, 1.165) is 28.5 Å². The van der Waals surface area contributed by atoms with Crippen molar-refractivity contribution in [3.05, 3.63) is 76.6 Å². The predicted octanol–water partition coefficient (Wildman–Crippen LogP) is 4.30. The Morgan fingerprint density at radius 2 is 1.91 bits per heavy atom.